The summed E-state index contributed by atoms with van der Waals surface area (Å²) in [6, 6.07) is -0.342. The third-order valence-corrected chi connectivity index (χ3v) is 3.14. The van der Waals surface area contributed by atoms with Crippen molar-refractivity contribution in [1.29, 1.82) is 0 Å². The fourth-order valence-electron chi connectivity index (χ4n) is 2.43. The lowest BCUT2D eigenvalue weighted by molar-refractivity contribution is 0.0822. The second-order valence-electron chi connectivity index (χ2n) is 4.62. The van der Waals surface area contributed by atoms with Gasteiger partial charge in [-0.1, -0.05) is 19.3 Å². The minimum Gasteiger partial charge on any atom is -0.465 e. The maximum atomic E-state index is 14.3. The predicted octanol–water partition coefficient (Wildman–Crippen LogP) is 1.90. The quantitative estimate of drug-likeness (QED) is 0.678. The standard InChI is InChI=1S/C11H21FN2O2/c1-13-8-9(14-10(15)16)7-11(12)5-3-2-4-6-11/h9,13-14H,2-8H2,1H3,(H,15,16). The van der Waals surface area contributed by atoms with Crippen molar-refractivity contribution in [3.63, 3.8) is 0 Å². The number of amides is 1. The summed E-state index contributed by atoms with van der Waals surface area (Å²) in [5.41, 5.74) is -1.18. The number of hydrogen-bond acceptors (Lipinski definition) is 2. The molecular formula is C11H21FN2O2. The molecular weight excluding hydrogens is 211 g/mol. The molecule has 0 aliphatic heterocycles. The molecule has 0 aromatic rings. The van der Waals surface area contributed by atoms with Crippen LogP contribution in [0.1, 0.15) is 38.5 Å². The van der Waals surface area contributed by atoms with Gasteiger partial charge in [0, 0.05) is 19.0 Å². The lowest BCUT2D eigenvalue weighted by atomic mass is 9.82. The molecule has 1 saturated carbocycles. The summed E-state index contributed by atoms with van der Waals surface area (Å²) >= 11 is 0. The molecule has 0 aromatic heterocycles. The third-order valence-electron chi connectivity index (χ3n) is 3.14. The van der Waals surface area contributed by atoms with Gasteiger partial charge in [-0.2, -0.15) is 0 Å². The topological polar surface area (TPSA) is 61.4 Å². The van der Waals surface area contributed by atoms with Crippen LogP contribution < -0.4 is 10.6 Å². The van der Waals surface area contributed by atoms with E-state index in [1.165, 1.54) is 0 Å². The van der Waals surface area contributed by atoms with Gasteiger partial charge in [0.25, 0.3) is 0 Å². The zero-order chi connectivity index (χ0) is 12.0. The van der Waals surface area contributed by atoms with Gasteiger partial charge >= 0.3 is 6.09 Å². The first-order valence-electron chi connectivity index (χ1n) is 5.89. The average Bonchev–Trinajstić information content (AvgIpc) is 2.17. The van der Waals surface area contributed by atoms with E-state index >= 15 is 0 Å². The van der Waals surface area contributed by atoms with E-state index in [0.29, 0.717) is 19.4 Å². The molecule has 0 heterocycles. The van der Waals surface area contributed by atoms with E-state index in [4.69, 9.17) is 5.11 Å². The number of carboxylic acid groups (broad SMARTS) is 1. The molecule has 1 fully saturated rings. The van der Waals surface area contributed by atoms with Gasteiger partial charge in [0.1, 0.15) is 5.67 Å². The number of halogens is 1. The largest absolute Gasteiger partial charge is 0.465 e. The van der Waals surface area contributed by atoms with E-state index in [1.807, 2.05) is 0 Å². The lowest BCUT2D eigenvalue weighted by Crippen LogP contribution is -2.45. The molecule has 3 N–H and O–H groups in total. The molecule has 1 unspecified atom stereocenters. The Balaban J connectivity index is 2.48. The van der Waals surface area contributed by atoms with Gasteiger partial charge in [0.05, 0.1) is 0 Å². The lowest BCUT2D eigenvalue weighted by Gasteiger charge is -2.32. The molecule has 0 saturated heterocycles. The Bertz CT molecular complexity index is 230. The van der Waals surface area contributed by atoms with Crippen LogP contribution in [0.5, 0.6) is 0 Å². The van der Waals surface area contributed by atoms with Crippen molar-refractivity contribution in [3.8, 4) is 0 Å². The molecule has 16 heavy (non-hydrogen) atoms. The summed E-state index contributed by atoms with van der Waals surface area (Å²) in [5.74, 6) is 0. The fraction of sp³-hybridized carbons (Fsp3) is 0.909. The molecule has 0 aromatic carbocycles. The van der Waals surface area contributed by atoms with Gasteiger partial charge in [-0.25, -0.2) is 9.18 Å². The summed E-state index contributed by atoms with van der Waals surface area (Å²) in [6.07, 6.45) is 3.24. The molecule has 1 aliphatic rings. The summed E-state index contributed by atoms with van der Waals surface area (Å²) in [5, 5.41) is 13.9. The van der Waals surface area contributed by atoms with E-state index < -0.39 is 11.8 Å². The van der Waals surface area contributed by atoms with Crippen LogP contribution >= 0.6 is 0 Å². The first-order valence-corrected chi connectivity index (χ1v) is 5.89. The first-order chi connectivity index (χ1) is 7.56. The van der Waals surface area contributed by atoms with E-state index in [1.54, 1.807) is 7.05 Å². The van der Waals surface area contributed by atoms with Gasteiger partial charge in [-0.15, -0.1) is 0 Å². The average molecular weight is 232 g/mol. The minimum atomic E-state index is -1.18. The highest BCUT2D eigenvalue weighted by atomic mass is 19.1. The SMILES string of the molecule is CNCC(CC1(F)CCCCC1)NC(=O)O. The zero-order valence-electron chi connectivity index (χ0n) is 9.76. The zero-order valence-corrected chi connectivity index (χ0v) is 9.76. The van der Waals surface area contributed by atoms with Crippen LogP contribution in [0.25, 0.3) is 0 Å². The van der Waals surface area contributed by atoms with E-state index in [2.05, 4.69) is 10.6 Å². The van der Waals surface area contributed by atoms with Crippen LogP contribution in [-0.2, 0) is 0 Å². The van der Waals surface area contributed by atoms with Crippen LogP contribution in [0.4, 0.5) is 9.18 Å². The van der Waals surface area contributed by atoms with Gasteiger partial charge in [0.15, 0.2) is 0 Å². The molecule has 0 spiro atoms. The third kappa shape index (κ3) is 4.35. The summed E-state index contributed by atoms with van der Waals surface area (Å²) < 4.78 is 14.3. The number of nitrogens with one attached hydrogen (secondary N) is 2. The highest BCUT2D eigenvalue weighted by Gasteiger charge is 2.34. The summed E-state index contributed by atoms with van der Waals surface area (Å²) in [4.78, 5) is 10.6. The molecule has 1 aliphatic carbocycles. The molecule has 5 heteroatoms. The first kappa shape index (κ1) is 13.2. The normalized spacial score (nSPS) is 21.4. The van der Waals surface area contributed by atoms with Gasteiger partial charge in [0.2, 0.25) is 0 Å². The second-order valence-corrected chi connectivity index (χ2v) is 4.62. The van der Waals surface area contributed by atoms with Crippen LogP contribution in [0.3, 0.4) is 0 Å². The monoisotopic (exact) mass is 232 g/mol. The van der Waals surface area contributed by atoms with Crippen molar-refractivity contribution in [2.45, 2.75) is 50.2 Å². The summed E-state index contributed by atoms with van der Waals surface area (Å²) in [7, 11) is 1.74. The van der Waals surface area contributed by atoms with Crippen molar-refractivity contribution < 1.29 is 14.3 Å². The minimum absolute atomic E-state index is 0.278. The highest BCUT2D eigenvalue weighted by molar-refractivity contribution is 5.64. The molecule has 1 atom stereocenters. The molecule has 4 nitrogen and oxygen atoms in total. The van der Waals surface area contributed by atoms with Crippen LogP contribution in [0.2, 0.25) is 0 Å². The Hall–Kier alpha value is -0.840. The number of rotatable bonds is 5. The maximum absolute atomic E-state index is 14.3. The van der Waals surface area contributed by atoms with Gasteiger partial charge in [-0.05, 0) is 19.9 Å². The number of hydrogen-bond donors (Lipinski definition) is 3. The maximum Gasteiger partial charge on any atom is 0.404 e. The molecule has 0 bridgehead atoms. The van der Waals surface area contributed by atoms with Crippen LogP contribution in [0, 0.1) is 0 Å². The second kappa shape index (κ2) is 6.03. The predicted molar refractivity (Wildman–Crippen MR) is 60.4 cm³/mol. The van der Waals surface area contributed by atoms with Crippen molar-refractivity contribution in [2.24, 2.45) is 0 Å². The van der Waals surface area contributed by atoms with Gasteiger partial charge < -0.3 is 15.7 Å². The van der Waals surface area contributed by atoms with Crippen molar-refractivity contribution in [3.05, 3.63) is 0 Å². The number of likely N-dealkylation sites (N-methyl/N-ethyl adjacent to an activating group) is 1. The Morgan fingerprint density at radius 2 is 2.06 bits per heavy atom. The van der Waals surface area contributed by atoms with Crippen LogP contribution in [0.15, 0.2) is 0 Å². The van der Waals surface area contributed by atoms with E-state index in [9.17, 15) is 9.18 Å². The Morgan fingerprint density at radius 3 is 2.56 bits per heavy atom. The number of carbonyl (C=O) groups is 1. The van der Waals surface area contributed by atoms with Crippen molar-refractivity contribution >= 4 is 6.09 Å². The number of alkyl halides is 1. The summed E-state index contributed by atoms with van der Waals surface area (Å²) in [6.45, 7) is 0.470. The van der Waals surface area contributed by atoms with Crippen LogP contribution in [-0.4, -0.2) is 36.5 Å². The molecule has 1 rings (SSSR count). The van der Waals surface area contributed by atoms with Gasteiger partial charge in [-0.3, -0.25) is 0 Å². The smallest absolute Gasteiger partial charge is 0.404 e. The van der Waals surface area contributed by atoms with Crippen molar-refractivity contribution in [1.82, 2.24) is 10.6 Å². The molecule has 94 valence electrons. The Morgan fingerprint density at radius 1 is 1.44 bits per heavy atom. The fourth-order valence-corrected chi connectivity index (χ4v) is 2.43. The Kier molecular flexibility index (Phi) is 4.99. The van der Waals surface area contributed by atoms with Crippen molar-refractivity contribution in [2.75, 3.05) is 13.6 Å². The van der Waals surface area contributed by atoms with E-state index in [0.717, 1.165) is 19.3 Å². The Labute approximate surface area is 95.6 Å². The van der Waals surface area contributed by atoms with E-state index in [-0.39, 0.29) is 12.5 Å². The molecule has 1 amide bonds. The highest BCUT2D eigenvalue weighted by Crippen LogP contribution is 2.35. The molecule has 0 radical (unpaired) electrons.